The number of fused-ring (bicyclic) bond motifs is 1. The minimum absolute atomic E-state index is 0.0158. The van der Waals surface area contributed by atoms with Gasteiger partial charge in [-0.15, -0.1) is 11.3 Å². The number of nitrogens with zero attached hydrogens (tertiary/aromatic N) is 3. The lowest BCUT2D eigenvalue weighted by atomic mass is 9.92. The van der Waals surface area contributed by atoms with Crippen molar-refractivity contribution >= 4 is 17.2 Å². The summed E-state index contributed by atoms with van der Waals surface area (Å²) in [5.41, 5.74) is 3.09. The molecule has 0 fully saturated rings. The van der Waals surface area contributed by atoms with Crippen molar-refractivity contribution in [2.45, 2.75) is 58.2 Å². The molecule has 0 saturated heterocycles. The predicted octanol–water partition coefficient (Wildman–Crippen LogP) is 4.36. The van der Waals surface area contributed by atoms with E-state index in [9.17, 15) is 4.79 Å². The third-order valence-corrected chi connectivity index (χ3v) is 5.95. The van der Waals surface area contributed by atoms with E-state index in [1.807, 2.05) is 35.2 Å². The normalized spacial score (nSPS) is 16.9. The molecule has 1 aliphatic carbocycles. The van der Waals surface area contributed by atoms with Crippen LogP contribution in [-0.2, 0) is 18.5 Å². The highest BCUT2D eigenvalue weighted by Gasteiger charge is 2.29. The molecule has 3 aromatic heterocycles. The van der Waals surface area contributed by atoms with Crippen LogP contribution in [0.25, 0.3) is 0 Å². The summed E-state index contributed by atoms with van der Waals surface area (Å²) < 4.78 is 4.13. The van der Waals surface area contributed by atoms with E-state index in [0.717, 1.165) is 25.8 Å². The fraction of sp³-hybridized carbons (Fsp3) is 0.429. The van der Waals surface area contributed by atoms with Crippen molar-refractivity contribution in [2.75, 3.05) is 0 Å². The topological polar surface area (TPSA) is 51.9 Å². The van der Waals surface area contributed by atoms with Crippen LogP contribution in [0.3, 0.4) is 0 Å². The number of aromatic nitrogens is 3. The fourth-order valence-electron chi connectivity index (χ4n) is 3.85. The van der Waals surface area contributed by atoms with Gasteiger partial charge >= 0.3 is 0 Å². The van der Waals surface area contributed by atoms with Gasteiger partial charge in [-0.25, -0.2) is 0 Å². The van der Waals surface area contributed by atoms with E-state index in [1.165, 1.54) is 16.1 Å². The highest BCUT2D eigenvalue weighted by Crippen LogP contribution is 2.32. The van der Waals surface area contributed by atoms with Crippen molar-refractivity contribution in [1.29, 1.82) is 0 Å². The Morgan fingerprint density at radius 1 is 1.33 bits per heavy atom. The zero-order chi connectivity index (χ0) is 19.0. The largest absolute Gasteiger partial charge is 0.344 e. The minimum Gasteiger partial charge on any atom is -0.344 e. The summed E-state index contributed by atoms with van der Waals surface area (Å²) in [6.45, 7) is 7.23. The lowest BCUT2D eigenvalue weighted by Gasteiger charge is -2.28. The number of thiophene rings is 1. The van der Waals surface area contributed by atoms with E-state index >= 15 is 0 Å². The monoisotopic (exact) mass is 382 g/mol. The standard InChI is InChI=1S/C21H26N4OS/c1-21(2,3)25-18-9-4-8-17(16(18)13-22-25)23-20(26)19-10-5-11-24(19)14-15-7-6-12-27-15/h5-7,10-13,17H,4,8-9,14H2,1-3H3,(H,23,26)/t17-/m0/s1. The van der Waals surface area contributed by atoms with Crippen molar-refractivity contribution in [3.05, 3.63) is 63.9 Å². The zero-order valence-electron chi connectivity index (χ0n) is 16.1. The van der Waals surface area contributed by atoms with Crippen molar-refractivity contribution in [1.82, 2.24) is 19.7 Å². The van der Waals surface area contributed by atoms with Crippen molar-refractivity contribution in [3.8, 4) is 0 Å². The SMILES string of the molecule is CC(C)(C)n1ncc2c1CCC[C@@H]2NC(=O)c1cccn1Cc1cccs1. The summed E-state index contributed by atoms with van der Waals surface area (Å²) in [6.07, 6.45) is 6.96. The maximum atomic E-state index is 13.0. The van der Waals surface area contributed by atoms with Crippen LogP contribution < -0.4 is 5.32 Å². The molecular weight excluding hydrogens is 356 g/mol. The maximum absolute atomic E-state index is 13.0. The van der Waals surface area contributed by atoms with E-state index in [4.69, 9.17) is 0 Å². The quantitative estimate of drug-likeness (QED) is 0.729. The molecule has 1 amide bonds. The minimum atomic E-state index is -0.0467. The molecule has 1 atom stereocenters. The predicted molar refractivity (Wildman–Crippen MR) is 108 cm³/mol. The highest BCUT2D eigenvalue weighted by atomic mass is 32.1. The number of rotatable bonds is 4. The molecule has 0 saturated carbocycles. The van der Waals surface area contributed by atoms with Crippen LogP contribution in [0.2, 0.25) is 0 Å². The molecule has 0 spiro atoms. The Hall–Kier alpha value is -2.34. The highest BCUT2D eigenvalue weighted by molar-refractivity contribution is 7.09. The average Bonchev–Trinajstić information content (AvgIpc) is 3.35. The Morgan fingerprint density at radius 3 is 2.93 bits per heavy atom. The Morgan fingerprint density at radius 2 is 2.19 bits per heavy atom. The molecule has 0 aliphatic heterocycles. The van der Waals surface area contributed by atoms with Crippen LogP contribution in [0.5, 0.6) is 0 Å². The fourth-order valence-corrected chi connectivity index (χ4v) is 4.55. The van der Waals surface area contributed by atoms with Gasteiger partial charge in [0.15, 0.2) is 0 Å². The number of hydrogen-bond acceptors (Lipinski definition) is 3. The maximum Gasteiger partial charge on any atom is 0.268 e. The van der Waals surface area contributed by atoms with Gasteiger partial charge in [-0.2, -0.15) is 5.10 Å². The number of nitrogens with one attached hydrogen (secondary N) is 1. The molecule has 3 aromatic rings. The Kier molecular flexibility index (Phi) is 4.68. The van der Waals surface area contributed by atoms with Crippen LogP contribution in [-0.4, -0.2) is 20.3 Å². The van der Waals surface area contributed by atoms with Gasteiger partial charge in [0.05, 0.1) is 24.3 Å². The van der Waals surface area contributed by atoms with Crippen molar-refractivity contribution < 1.29 is 4.79 Å². The van der Waals surface area contributed by atoms with Crippen LogP contribution >= 0.6 is 11.3 Å². The van der Waals surface area contributed by atoms with E-state index in [2.05, 4.69) is 47.3 Å². The number of carbonyl (C=O) groups is 1. The molecule has 0 radical (unpaired) electrons. The Balaban J connectivity index is 1.54. The molecular formula is C21H26N4OS. The molecule has 0 unspecified atom stereocenters. The Bertz CT molecular complexity index is 930. The van der Waals surface area contributed by atoms with Crippen molar-refractivity contribution in [2.24, 2.45) is 0 Å². The van der Waals surface area contributed by atoms with Gasteiger partial charge < -0.3 is 9.88 Å². The second-order valence-corrected chi connectivity index (χ2v) is 9.18. The number of amides is 1. The van der Waals surface area contributed by atoms with Gasteiger partial charge in [0, 0.05) is 22.3 Å². The van der Waals surface area contributed by atoms with Crippen LogP contribution in [0.4, 0.5) is 0 Å². The second-order valence-electron chi connectivity index (χ2n) is 8.15. The van der Waals surface area contributed by atoms with E-state index in [0.29, 0.717) is 5.69 Å². The third-order valence-electron chi connectivity index (χ3n) is 5.09. The third kappa shape index (κ3) is 3.58. The summed E-state index contributed by atoms with van der Waals surface area (Å²) >= 11 is 1.71. The van der Waals surface area contributed by atoms with Crippen molar-refractivity contribution in [3.63, 3.8) is 0 Å². The molecule has 3 heterocycles. The van der Waals surface area contributed by atoms with Gasteiger partial charge in [-0.3, -0.25) is 9.48 Å². The van der Waals surface area contributed by atoms with Gasteiger partial charge in [-0.05, 0) is 63.6 Å². The molecule has 1 aliphatic rings. The molecule has 27 heavy (non-hydrogen) atoms. The average molecular weight is 383 g/mol. The van der Waals surface area contributed by atoms with Gasteiger partial charge in [-0.1, -0.05) is 6.07 Å². The number of carbonyl (C=O) groups excluding carboxylic acids is 1. The van der Waals surface area contributed by atoms with E-state index in [-0.39, 0.29) is 17.5 Å². The van der Waals surface area contributed by atoms with Crippen LogP contribution in [0.1, 0.15) is 66.3 Å². The molecule has 4 rings (SSSR count). The zero-order valence-corrected chi connectivity index (χ0v) is 16.9. The van der Waals surface area contributed by atoms with Gasteiger partial charge in [0.25, 0.3) is 5.91 Å². The second kappa shape index (κ2) is 7.00. The smallest absolute Gasteiger partial charge is 0.268 e. The van der Waals surface area contributed by atoms with Gasteiger partial charge in [0.2, 0.25) is 0 Å². The molecule has 6 heteroatoms. The first-order valence-corrected chi connectivity index (χ1v) is 10.4. The summed E-state index contributed by atoms with van der Waals surface area (Å²) in [5, 5.41) is 9.94. The molecule has 0 aromatic carbocycles. The molecule has 1 N–H and O–H groups in total. The van der Waals surface area contributed by atoms with E-state index < -0.39 is 0 Å². The lowest BCUT2D eigenvalue weighted by molar-refractivity contribution is 0.0923. The van der Waals surface area contributed by atoms with Crippen LogP contribution in [0, 0.1) is 0 Å². The first kappa shape index (κ1) is 18.0. The first-order valence-electron chi connectivity index (χ1n) is 9.49. The Labute approximate surface area is 164 Å². The van der Waals surface area contributed by atoms with Gasteiger partial charge in [0.1, 0.15) is 5.69 Å². The molecule has 142 valence electrons. The summed E-state index contributed by atoms with van der Waals surface area (Å²) in [5.74, 6) is -0.0158. The lowest BCUT2D eigenvalue weighted by Crippen LogP contribution is -2.33. The van der Waals surface area contributed by atoms with E-state index in [1.54, 1.807) is 11.3 Å². The summed E-state index contributed by atoms with van der Waals surface area (Å²) in [6, 6.07) is 8.00. The molecule has 5 nitrogen and oxygen atoms in total. The van der Waals surface area contributed by atoms with Crippen LogP contribution in [0.15, 0.2) is 42.0 Å². The first-order chi connectivity index (χ1) is 12.9. The molecule has 0 bridgehead atoms. The number of hydrogen-bond donors (Lipinski definition) is 1. The summed E-state index contributed by atoms with van der Waals surface area (Å²) in [4.78, 5) is 14.2. The summed E-state index contributed by atoms with van der Waals surface area (Å²) in [7, 11) is 0.